The van der Waals surface area contributed by atoms with Crippen LogP contribution in [-0.2, 0) is 0 Å². The zero-order chi connectivity index (χ0) is 17.7. The van der Waals surface area contributed by atoms with E-state index in [1.807, 2.05) is 30.3 Å². The van der Waals surface area contributed by atoms with Gasteiger partial charge in [0.05, 0.1) is 5.02 Å². The molecule has 0 radical (unpaired) electrons. The molecule has 5 nitrogen and oxygen atoms in total. The number of amides is 1. The second-order valence-corrected chi connectivity index (χ2v) is 5.30. The van der Waals surface area contributed by atoms with Gasteiger partial charge in [-0.3, -0.25) is 4.79 Å². The van der Waals surface area contributed by atoms with Crippen LogP contribution in [0.25, 0.3) is 10.8 Å². The fourth-order valence-corrected chi connectivity index (χ4v) is 2.28. The van der Waals surface area contributed by atoms with Gasteiger partial charge < -0.3 is 21.4 Å². The number of halogens is 1. The van der Waals surface area contributed by atoms with Gasteiger partial charge in [0.1, 0.15) is 11.5 Å². The largest absolute Gasteiger partial charge is 0.507 e. The van der Waals surface area contributed by atoms with Crippen molar-refractivity contribution in [3.8, 4) is 11.5 Å². The summed E-state index contributed by atoms with van der Waals surface area (Å²) in [6, 6.07) is 15.2. The highest BCUT2D eigenvalue weighted by Gasteiger charge is 2.03. The third kappa shape index (κ3) is 3.83. The smallest absolute Gasteiger partial charge is 0.248 e. The van der Waals surface area contributed by atoms with Crippen LogP contribution in [-0.4, -0.2) is 22.3 Å². The second-order valence-electron chi connectivity index (χ2n) is 4.89. The van der Waals surface area contributed by atoms with Gasteiger partial charge in [-0.05, 0) is 35.0 Å². The Morgan fingerprint density at radius 2 is 1.71 bits per heavy atom. The number of nitrogens with two attached hydrogens (primary N) is 1. The Kier molecular flexibility index (Phi) is 5.39. The van der Waals surface area contributed by atoms with Crippen molar-refractivity contribution in [1.29, 1.82) is 5.41 Å². The number of phenolic OH excluding ortho intramolecular Hbond substituents is 2. The van der Waals surface area contributed by atoms with Crippen LogP contribution in [0.3, 0.4) is 0 Å². The highest BCUT2D eigenvalue weighted by molar-refractivity contribution is 6.32. The fourth-order valence-electron chi connectivity index (χ4n) is 2.10. The van der Waals surface area contributed by atoms with Crippen LogP contribution < -0.4 is 5.73 Å². The maximum atomic E-state index is 10.5. The molecule has 0 aliphatic carbocycles. The predicted octanol–water partition coefficient (Wildman–Crippen LogP) is 3.69. The van der Waals surface area contributed by atoms with E-state index in [-0.39, 0.29) is 22.1 Å². The molecule has 0 saturated heterocycles. The fraction of sp³-hybridized carbons (Fsp3) is 0. The van der Waals surface area contributed by atoms with Crippen LogP contribution in [0.15, 0.2) is 54.6 Å². The van der Waals surface area contributed by atoms with Gasteiger partial charge in [-0.25, -0.2) is 0 Å². The summed E-state index contributed by atoms with van der Waals surface area (Å²) in [6.07, 6.45) is 1.18. The molecule has 0 aromatic heterocycles. The molecule has 0 unspecified atom stereocenters. The standard InChI is InChI=1S/C11H9NO.C7H6ClNO2/c12-7-10-9-4-2-1-3-8(9)5-6-11(10)13;8-5-3-4(7(9)11)1-2-6(5)10/h1-7,12-13H;1-3,10H,(H2,9,11). The van der Waals surface area contributed by atoms with Gasteiger partial charge in [-0.1, -0.05) is 41.9 Å². The second kappa shape index (κ2) is 7.48. The number of hydrogen-bond acceptors (Lipinski definition) is 4. The average molecular weight is 343 g/mol. The van der Waals surface area contributed by atoms with Gasteiger partial charge in [0.2, 0.25) is 5.91 Å². The van der Waals surface area contributed by atoms with Crippen molar-refractivity contribution in [2.75, 3.05) is 0 Å². The van der Waals surface area contributed by atoms with Crippen molar-refractivity contribution >= 4 is 34.5 Å². The SMILES string of the molecule is N=Cc1c(O)ccc2ccccc12.NC(=O)c1ccc(O)c(Cl)c1. The van der Waals surface area contributed by atoms with Crippen molar-refractivity contribution in [2.24, 2.45) is 5.73 Å². The molecule has 0 heterocycles. The lowest BCUT2D eigenvalue weighted by atomic mass is 10.0. The van der Waals surface area contributed by atoms with Crippen LogP contribution in [0, 0.1) is 5.41 Å². The lowest BCUT2D eigenvalue weighted by molar-refractivity contribution is 0.100. The molecule has 0 bridgehead atoms. The molecule has 3 aromatic carbocycles. The van der Waals surface area contributed by atoms with Crippen LogP contribution in [0.5, 0.6) is 11.5 Å². The van der Waals surface area contributed by atoms with E-state index < -0.39 is 5.91 Å². The lowest BCUT2D eigenvalue weighted by Crippen LogP contribution is -2.10. The number of fused-ring (bicyclic) bond motifs is 1. The topological polar surface area (TPSA) is 107 Å². The summed E-state index contributed by atoms with van der Waals surface area (Å²) in [7, 11) is 0. The van der Waals surface area contributed by atoms with Crippen LogP contribution in [0.2, 0.25) is 5.02 Å². The highest BCUT2D eigenvalue weighted by atomic mass is 35.5. The number of hydrogen-bond donors (Lipinski definition) is 4. The molecule has 24 heavy (non-hydrogen) atoms. The molecule has 3 rings (SSSR count). The first-order chi connectivity index (χ1) is 11.4. The van der Waals surface area contributed by atoms with E-state index in [0.29, 0.717) is 5.56 Å². The maximum absolute atomic E-state index is 10.5. The third-order valence-corrected chi connectivity index (χ3v) is 3.63. The number of carbonyl (C=O) groups is 1. The molecule has 0 aliphatic heterocycles. The normalized spacial score (nSPS) is 9.88. The minimum Gasteiger partial charge on any atom is -0.507 e. The number of phenols is 2. The van der Waals surface area contributed by atoms with E-state index in [1.165, 1.54) is 24.4 Å². The van der Waals surface area contributed by atoms with Crippen molar-refractivity contribution in [3.05, 3.63) is 70.7 Å². The summed E-state index contributed by atoms with van der Waals surface area (Å²) >= 11 is 5.50. The maximum Gasteiger partial charge on any atom is 0.248 e. The van der Waals surface area contributed by atoms with Gasteiger partial charge in [-0.2, -0.15) is 0 Å². The Labute approximate surface area is 143 Å². The Morgan fingerprint density at radius 3 is 2.33 bits per heavy atom. The Hall–Kier alpha value is -3.05. The number of primary amides is 1. The summed E-state index contributed by atoms with van der Waals surface area (Å²) in [5.74, 6) is -0.461. The Bertz CT molecular complexity index is 910. The zero-order valence-corrected chi connectivity index (χ0v) is 13.3. The molecule has 1 amide bonds. The van der Waals surface area contributed by atoms with Gasteiger partial charge >= 0.3 is 0 Å². The number of aromatic hydroxyl groups is 2. The Morgan fingerprint density at radius 1 is 1.04 bits per heavy atom. The number of benzene rings is 3. The van der Waals surface area contributed by atoms with Gasteiger partial charge in [0.25, 0.3) is 0 Å². The van der Waals surface area contributed by atoms with E-state index >= 15 is 0 Å². The lowest BCUT2D eigenvalue weighted by Gasteiger charge is -2.03. The quantitative estimate of drug-likeness (QED) is 0.533. The van der Waals surface area contributed by atoms with Crippen molar-refractivity contribution < 1.29 is 15.0 Å². The van der Waals surface area contributed by atoms with Crippen molar-refractivity contribution in [2.45, 2.75) is 0 Å². The van der Waals surface area contributed by atoms with Crippen molar-refractivity contribution in [1.82, 2.24) is 0 Å². The van der Waals surface area contributed by atoms with Crippen LogP contribution in [0.1, 0.15) is 15.9 Å². The van der Waals surface area contributed by atoms with E-state index in [0.717, 1.165) is 10.8 Å². The van der Waals surface area contributed by atoms with Crippen LogP contribution >= 0.6 is 11.6 Å². The summed E-state index contributed by atoms with van der Waals surface area (Å²) in [5.41, 5.74) is 5.82. The summed E-state index contributed by atoms with van der Waals surface area (Å²) < 4.78 is 0. The minimum atomic E-state index is -0.563. The number of carbonyl (C=O) groups excluding carboxylic acids is 1. The van der Waals surface area contributed by atoms with Gasteiger partial charge in [-0.15, -0.1) is 0 Å². The van der Waals surface area contributed by atoms with Gasteiger partial charge in [0.15, 0.2) is 0 Å². The van der Waals surface area contributed by atoms with Crippen LogP contribution in [0.4, 0.5) is 0 Å². The molecular weight excluding hydrogens is 328 g/mol. The molecule has 3 aromatic rings. The van der Waals surface area contributed by atoms with Gasteiger partial charge in [0, 0.05) is 17.3 Å². The molecule has 0 aliphatic rings. The number of rotatable bonds is 2. The highest BCUT2D eigenvalue weighted by Crippen LogP contribution is 2.25. The molecule has 0 fully saturated rings. The minimum absolute atomic E-state index is 0.0586. The monoisotopic (exact) mass is 342 g/mol. The molecule has 0 saturated carbocycles. The van der Waals surface area contributed by atoms with Crippen molar-refractivity contribution in [3.63, 3.8) is 0 Å². The summed E-state index contributed by atoms with van der Waals surface area (Å²) in [5, 5.41) is 27.7. The van der Waals surface area contributed by atoms with E-state index in [9.17, 15) is 9.90 Å². The first-order valence-electron chi connectivity index (χ1n) is 6.93. The zero-order valence-electron chi connectivity index (χ0n) is 12.5. The molecule has 0 spiro atoms. The van der Waals surface area contributed by atoms with E-state index in [1.54, 1.807) is 6.07 Å². The Balaban J connectivity index is 0.000000177. The average Bonchev–Trinajstić information content (AvgIpc) is 2.57. The summed E-state index contributed by atoms with van der Waals surface area (Å²) in [4.78, 5) is 10.5. The summed E-state index contributed by atoms with van der Waals surface area (Å²) in [6.45, 7) is 0. The molecule has 6 heteroatoms. The van der Waals surface area contributed by atoms with E-state index in [2.05, 4.69) is 0 Å². The molecule has 5 N–H and O–H groups in total. The first kappa shape index (κ1) is 17.3. The number of nitrogens with one attached hydrogen (secondary N) is 1. The predicted molar refractivity (Wildman–Crippen MR) is 95.1 cm³/mol. The third-order valence-electron chi connectivity index (χ3n) is 3.32. The van der Waals surface area contributed by atoms with E-state index in [4.69, 9.17) is 27.9 Å². The molecule has 0 atom stereocenters. The first-order valence-corrected chi connectivity index (χ1v) is 7.31. The molecular formula is C18H15ClN2O3. The molecule has 122 valence electrons.